The topological polar surface area (TPSA) is 58.6 Å². The van der Waals surface area contributed by atoms with Crippen LogP contribution in [0.1, 0.15) is 23.2 Å². The summed E-state index contributed by atoms with van der Waals surface area (Å²) in [6, 6.07) is 4.90. The Kier molecular flexibility index (Phi) is 3.86. The molecule has 0 saturated carbocycles. The van der Waals surface area contributed by atoms with Gasteiger partial charge < -0.3 is 15.2 Å². The summed E-state index contributed by atoms with van der Waals surface area (Å²) in [5.74, 6) is -1.02. The molecule has 0 bridgehead atoms. The van der Waals surface area contributed by atoms with Gasteiger partial charge in [-0.25, -0.2) is 4.79 Å². The molecule has 4 nitrogen and oxygen atoms in total. The third-order valence-corrected chi connectivity index (χ3v) is 3.08. The quantitative estimate of drug-likeness (QED) is 0.868. The molecule has 5 heteroatoms. The summed E-state index contributed by atoms with van der Waals surface area (Å²) in [5.41, 5.74) is 0.867. The van der Waals surface area contributed by atoms with Crippen molar-refractivity contribution in [3.05, 3.63) is 28.8 Å². The van der Waals surface area contributed by atoms with E-state index in [-0.39, 0.29) is 16.7 Å². The van der Waals surface area contributed by atoms with Gasteiger partial charge in [-0.1, -0.05) is 11.6 Å². The van der Waals surface area contributed by atoms with E-state index in [2.05, 4.69) is 5.32 Å². The van der Waals surface area contributed by atoms with E-state index in [4.69, 9.17) is 21.4 Å². The lowest BCUT2D eigenvalue weighted by molar-refractivity contribution is 0.0697. The lowest BCUT2D eigenvalue weighted by Crippen LogP contribution is -2.18. The van der Waals surface area contributed by atoms with Crippen molar-refractivity contribution in [3.63, 3.8) is 0 Å². The number of rotatable bonds is 4. The van der Waals surface area contributed by atoms with Gasteiger partial charge in [-0.05, 0) is 31.0 Å². The molecule has 1 unspecified atom stereocenters. The second kappa shape index (κ2) is 5.38. The Labute approximate surface area is 105 Å². The molecule has 0 aliphatic carbocycles. The van der Waals surface area contributed by atoms with Crippen molar-refractivity contribution < 1.29 is 14.6 Å². The lowest BCUT2D eigenvalue weighted by Gasteiger charge is -2.12. The molecular weight excluding hydrogens is 242 g/mol. The third kappa shape index (κ3) is 3.11. The van der Waals surface area contributed by atoms with Crippen LogP contribution in [0.3, 0.4) is 0 Å². The maximum atomic E-state index is 10.9. The van der Waals surface area contributed by atoms with Gasteiger partial charge in [-0.15, -0.1) is 0 Å². The average Bonchev–Trinajstić information content (AvgIpc) is 2.80. The van der Waals surface area contributed by atoms with Crippen molar-refractivity contribution in [3.8, 4) is 0 Å². The fourth-order valence-corrected chi connectivity index (χ4v) is 2.03. The van der Waals surface area contributed by atoms with Gasteiger partial charge in [0.15, 0.2) is 0 Å². The molecule has 1 atom stereocenters. The van der Waals surface area contributed by atoms with E-state index in [1.165, 1.54) is 0 Å². The van der Waals surface area contributed by atoms with Crippen molar-refractivity contribution in [1.82, 2.24) is 0 Å². The molecule has 1 aromatic carbocycles. The molecule has 1 heterocycles. The van der Waals surface area contributed by atoms with Gasteiger partial charge in [0.05, 0.1) is 16.7 Å². The molecule has 0 amide bonds. The number of hydrogen-bond acceptors (Lipinski definition) is 3. The number of carbonyl (C=O) groups is 1. The number of aromatic carboxylic acids is 1. The SMILES string of the molecule is O=C(O)c1cc(NCC2CCCO2)ccc1Cl. The first-order valence-electron chi connectivity index (χ1n) is 5.55. The molecule has 92 valence electrons. The van der Waals surface area contributed by atoms with E-state index in [1.54, 1.807) is 18.2 Å². The Morgan fingerprint density at radius 1 is 1.59 bits per heavy atom. The van der Waals surface area contributed by atoms with E-state index in [1.807, 2.05) is 0 Å². The summed E-state index contributed by atoms with van der Waals surface area (Å²) >= 11 is 5.79. The number of carboxylic acid groups (broad SMARTS) is 1. The standard InChI is InChI=1S/C12H14ClNO3/c13-11-4-3-8(6-10(11)12(15)16)14-7-9-2-1-5-17-9/h3-4,6,9,14H,1-2,5,7H2,(H,15,16). The van der Waals surface area contributed by atoms with E-state index in [0.29, 0.717) is 6.54 Å². The highest BCUT2D eigenvalue weighted by molar-refractivity contribution is 6.33. The van der Waals surface area contributed by atoms with Crippen LogP contribution < -0.4 is 5.32 Å². The first-order valence-corrected chi connectivity index (χ1v) is 5.93. The second-order valence-corrected chi connectivity index (χ2v) is 4.42. The Hall–Kier alpha value is -1.26. The van der Waals surface area contributed by atoms with Crippen molar-refractivity contribution in [2.24, 2.45) is 0 Å². The second-order valence-electron chi connectivity index (χ2n) is 4.02. The Morgan fingerprint density at radius 3 is 3.06 bits per heavy atom. The van der Waals surface area contributed by atoms with Crippen LogP contribution in [0.15, 0.2) is 18.2 Å². The summed E-state index contributed by atoms with van der Waals surface area (Å²) in [6.45, 7) is 1.51. The van der Waals surface area contributed by atoms with Crippen LogP contribution in [0.4, 0.5) is 5.69 Å². The number of ether oxygens (including phenoxy) is 1. The Bertz CT molecular complexity index is 416. The molecule has 1 aliphatic heterocycles. The minimum absolute atomic E-state index is 0.115. The normalized spacial score (nSPS) is 19.2. The predicted octanol–water partition coefficient (Wildman–Crippen LogP) is 2.63. The summed E-state index contributed by atoms with van der Waals surface area (Å²) < 4.78 is 5.47. The minimum Gasteiger partial charge on any atom is -0.478 e. The van der Waals surface area contributed by atoms with Crippen LogP contribution in [0, 0.1) is 0 Å². The van der Waals surface area contributed by atoms with E-state index >= 15 is 0 Å². The van der Waals surface area contributed by atoms with Gasteiger partial charge in [0.25, 0.3) is 0 Å². The molecule has 1 aromatic rings. The maximum Gasteiger partial charge on any atom is 0.337 e. The smallest absolute Gasteiger partial charge is 0.337 e. The van der Waals surface area contributed by atoms with Crippen LogP contribution in [0.5, 0.6) is 0 Å². The molecule has 0 spiro atoms. The first-order chi connectivity index (χ1) is 8.16. The molecule has 17 heavy (non-hydrogen) atoms. The zero-order valence-electron chi connectivity index (χ0n) is 9.28. The molecular formula is C12H14ClNO3. The van der Waals surface area contributed by atoms with Gasteiger partial charge in [0.1, 0.15) is 0 Å². The minimum atomic E-state index is -1.02. The average molecular weight is 256 g/mol. The van der Waals surface area contributed by atoms with Crippen molar-refractivity contribution >= 4 is 23.3 Å². The molecule has 0 radical (unpaired) electrons. The van der Waals surface area contributed by atoms with Gasteiger partial charge >= 0.3 is 5.97 Å². The number of hydrogen-bond donors (Lipinski definition) is 2. The summed E-state index contributed by atoms with van der Waals surface area (Å²) in [5, 5.41) is 12.3. The van der Waals surface area contributed by atoms with Crippen LogP contribution in [0.2, 0.25) is 5.02 Å². The van der Waals surface area contributed by atoms with Crippen LogP contribution in [-0.2, 0) is 4.74 Å². The van der Waals surface area contributed by atoms with Crippen molar-refractivity contribution in [2.75, 3.05) is 18.5 Å². The van der Waals surface area contributed by atoms with Crippen LogP contribution >= 0.6 is 11.6 Å². The highest BCUT2D eigenvalue weighted by Gasteiger charge is 2.15. The van der Waals surface area contributed by atoms with Gasteiger partial charge in [-0.2, -0.15) is 0 Å². The fraction of sp³-hybridized carbons (Fsp3) is 0.417. The molecule has 1 aliphatic rings. The van der Waals surface area contributed by atoms with E-state index in [0.717, 1.165) is 25.1 Å². The zero-order chi connectivity index (χ0) is 12.3. The monoisotopic (exact) mass is 255 g/mol. The van der Waals surface area contributed by atoms with Gasteiger partial charge in [0, 0.05) is 18.8 Å². The first kappa shape index (κ1) is 12.2. The van der Waals surface area contributed by atoms with Gasteiger partial charge in [-0.3, -0.25) is 0 Å². The number of anilines is 1. The summed E-state index contributed by atoms with van der Waals surface area (Å²) in [4.78, 5) is 10.9. The van der Waals surface area contributed by atoms with Crippen molar-refractivity contribution in [2.45, 2.75) is 18.9 Å². The van der Waals surface area contributed by atoms with Gasteiger partial charge in [0.2, 0.25) is 0 Å². The number of benzene rings is 1. The summed E-state index contributed by atoms with van der Waals surface area (Å²) in [6.07, 6.45) is 2.36. The van der Waals surface area contributed by atoms with Crippen LogP contribution in [0.25, 0.3) is 0 Å². The Balaban J connectivity index is 2.00. The van der Waals surface area contributed by atoms with Crippen molar-refractivity contribution in [1.29, 1.82) is 0 Å². The number of nitrogens with one attached hydrogen (secondary N) is 1. The maximum absolute atomic E-state index is 10.9. The highest BCUT2D eigenvalue weighted by atomic mass is 35.5. The molecule has 1 fully saturated rings. The lowest BCUT2D eigenvalue weighted by atomic mass is 10.2. The number of halogens is 1. The molecule has 2 rings (SSSR count). The van der Waals surface area contributed by atoms with E-state index in [9.17, 15) is 4.79 Å². The molecule has 1 saturated heterocycles. The highest BCUT2D eigenvalue weighted by Crippen LogP contribution is 2.21. The van der Waals surface area contributed by atoms with Crippen LogP contribution in [-0.4, -0.2) is 30.3 Å². The number of carboxylic acids is 1. The zero-order valence-corrected chi connectivity index (χ0v) is 10.0. The predicted molar refractivity (Wildman–Crippen MR) is 65.9 cm³/mol. The fourth-order valence-electron chi connectivity index (χ4n) is 1.84. The molecule has 2 N–H and O–H groups in total. The van der Waals surface area contributed by atoms with E-state index < -0.39 is 5.97 Å². The summed E-state index contributed by atoms with van der Waals surface area (Å²) in [7, 11) is 0. The third-order valence-electron chi connectivity index (χ3n) is 2.75. The largest absolute Gasteiger partial charge is 0.478 e. The molecule has 0 aromatic heterocycles. The Morgan fingerprint density at radius 2 is 2.41 bits per heavy atom.